The van der Waals surface area contributed by atoms with Crippen LogP contribution < -0.4 is 10.5 Å². The quantitative estimate of drug-likeness (QED) is 0.897. The zero-order valence-electron chi connectivity index (χ0n) is 12.1. The molecular weight excluding hydrogens is 256 g/mol. The third-order valence-corrected chi connectivity index (χ3v) is 3.74. The molecule has 0 saturated carbocycles. The van der Waals surface area contributed by atoms with Gasteiger partial charge in [-0.1, -0.05) is 12.1 Å². The number of carbonyl (C=O) groups is 1. The van der Waals surface area contributed by atoms with Crippen molar-refractivity contribution in [3.8, 4) is 5.75 Å². The van der Waals surface area contributed by atoms with E-state index in [1.165, 1.54) is 0 Å². The van der Waals surface area contributed by atoms with Gasteiger partial charge in [-0.25, -0.2) is 0 Å². The molecule has 110 valence electrons. The lowest BCUT2D eigenvalue weighted by molar-refractivity contribution is -0.139. The van der Waals surface area contributed by atoms with Gasteiger partial charge in [0.1, 0.15) is 5.75 Å². The first-order valence-electron chi connectivity index (χ1n) is 6.80. The Hall–Kier alpha value is -1.59. The SMILES string of the molecule is COc1ccc(CN(C)C(=O)C2(N)CCOCC2)cc1. The Morgan fingerprint density at radius 3 is 2.50 bits per heavy atom. The number of amides is 1. The summed E-state index contributed by atoms with van der Waals surface area (Å²) in [7, 11) is 3.42. The van der Waals surface area contributed by atoms with Crippen molar-refractivity contribution in [2.45, 2.75) is 24.9 Å². The Morgan fingerprint density at radius 1 is 1.35 bits per heavy atom. The molecule has 2 rings (SSSR count). The topological polar surface area (TPSA) is 64.8 Å². The summed E-state index contributed by atoms with van der Waals surface area (Å²) in [5.74, 6) is 0.791. The number of methoxy groups -OCH3 is 1. The first kappa shape index (κ1) is 14.8. The fourth-order valence-electron chi connectivity index (χ4n) is 2.41. The second kappa shape index (κ2) is 6.24. The molecule has 1 aromatic carbocycles. The smallest absolute Gasteiger partial charge is 0.242 e. The number of hydrogen-bond acceptors (Lipinski definition) is 4. The zero-order valence-corrected chi connectivity index (χ0v) is 12.1. The minimum Gasteiger partial charge on any atom is -0.497 e. The van der Waals surface area contributed by atoms with Crippen molar-refractivity contribution in [2.24, 2.45) is 5.73 Å². The lowest BCUT2D eigenvalue weighted by atomic mass is 9.89. The predicted molar refractivity (Wildman–Crippen MR) is 76.4 cm³/mol. The van der Waals surface area contributed by atoms with Crippen molar-refractivity contribution >= 4 is 5.91 Å². The Bertz CT molecular complexity index is 453. The average molecular weight is 278 g/mol. The summed E-state index contributed by atoms with van der Waals surface area (Å²) in [4.78, 5) is 14.2. The van der Waals surface area contributed by atoms with E-state index < -0.39 is 5.54 Å². The van der Waals surface area contributed by atoms with Gasteiger partial charge in [0.25, 0.3) is 0 Å². The fraction of sp³-hybridized carbons (Fsp3) is 0.533. The van der Waals surface area contributed by atoms with Gasteiger partial charge < -0.3 is 20.1 Å². The van der Waals surface area contributed by atoms with Gasteiger partial charge in [0.05, 0.1) is 12.6 Å². The number of likely N-dealkylation sites (N-methyl/N-ethyl adjacent to an activating group) is 1. The van der Waals surface area contributed by atoms with Gasteiger partial charge in [0.15, 0.2) is 0 Å². The van der Waals surface area contributed by atoms with Gasteiger partial charge in [-0.3, -0.25) is 4.79 Å². The van der Waals surface area contributed by atoms with E-state index in [0.717, 1.165) is 11.3 Å². The minimum atomic E-state index is -0.778. The molecule has 1 aromatic rings. The third kappa shape index (κ3) is 3.29. The molecule has 0 unspecified atom stereocenters. The monoisotopic (exact) mass is 278 g/mol. The van der Waals surface area contributed by atoms with Crippen LogP contribution in [-0.4, -0.2) is 43.7 Å². The van der Waals surface area contributed by atoms with E-state index in [1.807, 2.05) is 24.3 Å². The lowest BCUT2D eigenvalue weighted by Crippen LogP contribution is -2.57. The second-order valence-corrected chi connectivity index (χ2v) is 5.28. The van der Waals surface area contributed by atoms with E-state index in [9.17, 15) is 4.79 Å². The van der Waals surface area contributed by atoms with Crippen molar-refractivity contribution in [1.29, 1.82) is 0 Å². The molecule has 0 atom stereocenters. The summed E-state index contributed by atoms with van der Waals surface area (Å²) in [5, 5.41) is 0. The molecule has 0 aliphatic carbocycles. The van der Waals surface area contributed by atoms with Crippen molar-refractivity contribution in [3.63, 3.8) is 0 Å². The van der Waals surface area contributed by atoms with Crippen LogP contribution in [0, 0.1) is 0 Å². The molecule has 20 heavy (non-hydrogen) atoms. The normalized spacial score (nSPS) is 17.6. The Balaban J connectivity index is 1.99. The summed E-state index contributed by atoms with van der Waals surface area (Å²) in [6, 6.07) is 7.69. The number of ether oxygens (including phenoxy) is 2. The Kier molecular flexibility index (Phi) is 4.62. The highest BCUT2D eigenvalue weighted by molar-refractivity contribution is 5.86. The van der Waals surface area contributed by atoms with Crippen LogP contribution in [-0.2, 0) is 16.1 Å². The number of hydrogen-bond donors (Lipinski definition) is 1. The summed E-state index contributed by atoms with van der Waals surface area (Å²) < 4.78 is 10.4. The molecule has 0 bridgehead atoms. The zero-order chi connectivity index (χ0) is 14.6. The molecule has 1 aliphatic rings. The molecule has 1 aliphatic heterocycles. The standard InChI is InChI=1S/C15H22N2O3/c1-17(11-12-3-5-13(19-2)6-4-12)14(18)15(16)7-9-20-10-8-15/h3-6H,7-11,16H2,1-2H3. The maximum atomic E-state index is 12.5. The van der Waals surface area contributed by atoms with Crippen LogP contribution in [0.1, 0.15) is 18.4 Å². The van der Waals surface area contributed by atoms with Gasteiger partial charge in [0, 0.05) is 26.8 Å². The average Bonchev–Trinajstić information content (AvgIpc) is 2.48. The van der Waals surface area contributed by atoms with Crippen LogP contribution in [0.15, 0.2) is 24.3 Å². The fourth-order valence-corrected chi connectivity index (χ4v) is 2.41. The molecule has 1 heterocycles. The lowest BCUT2D eigenvalue weighted by Gasteiger charge is -2.35. The van der Waals surface area contributed by atoms with E-state index >= 15 is 0 Å². The first-order valence-corrected chi connectivity index (χ1v) is 6.80. The summed E-state index contributed by atoms with van der Waals surface area (Å²) in [6.45, 7) is 1.65. The maximum absolute atomic E-state index is 12.5. The van der Waals surface area contributed by atoms with Gasteiger partial charge in [-0.15, -0.1) is 0 Å². The van der Waals surface area contributed by atoms with E-state index in [2.05, 4.69) is 0 Å². The molecule has 1 fully saturated rings. The molecular formula is C15H22N2O3. The highest BCUT2D eigenvalue weighted by Gasteiger charge is 2.37. The highest BCUT2D eigenvalue weighted by Crippen LogP contribution is 2.21. The molecule has 2 N–H and O–H groups in total. The number of nitrogens with two attached hydrogens (primary N) is 1. The van der Waals surface area contributed by atoms with Crippen LogP contribution in [0.25, 0.3) is 0 Å². The molecule has 0 aromatic heterocycles. The molecule has 5 heteroatoms. The molecule has 1 saturated heterocycles. The molecule has 0 spiro atoms. The van der Waals surface area contributed by atoms with Gasteiger partial charge in [0.2, 0.25) is 5.91 Å². The molecule has 5 nitrogen and oxygen atoms in total. The van der Waals surface area contributed by atoms with Crippen molar-refractivity contribution in [3.05, 3.63) is 29.8 Å². The third-order valence-electron chi connectivity index (χ3n) is 3.74. The minimum absolute atomic E-state index is 0.0170. The number of nitrogens with zero attached hydrogens (tertiary/aromatic N) is 1. The number of benzene rings is 1. The van der Waals surface area contributed by atoms with E-state index in [4.69, 9.17) is 15.2 Å². The van der Waals surface area contributed by atoms with E-state index in [-0.39, 0.29) is 5.91 Å². The highest BCUT2D eigenvalue weighted by atomic mass is 16.5. The summed E-state index contributed by atoms with van der Waals surface area (Å²) >= 11 is 0. The summed E-state index contributed by atoms with van der Waals surface area (Å²) in [6.07, 6.45) is 1.16. The van der Waals surface area contributed by atoms with Crippen LogP contribution >= 0.6 is 0 Å². The van der Waals surface area contributed by atoms with E-state index in [1.54, 1.807) is 19.1 Å². The largest absolute Gasteiger partial charge is 0.497 e. The Morgan fingerprint density at radius 2 is 1.95 bits per heavy atom. The van der Waals surface area contributed by atoms with Gasteiger partial charge in [-0.2, -0.15) is 0 Å². The predicted octanol–water partition coefficient (Wildman–Crippen LogP) is 1.16. The second-order valence-electron chi connectivity index (χ2n) is 5.28. The van der Waals surface area contributed by atoms with Crippen LogP contribution in [0.3, 0.4) is 0 Å². The van der Waals surface area contributed by atoms with Crippen LogP contribution in [0.4, 0.5) is 0 Å². The van der Waals surface area contributed by atoms with Crippen molar-refractivity contribution in [1.82, 2.24) is 4.90 Å². The number of rotatable bonds is 4. The molecule has 1 amide bonds. The van der Waals surface area contributed by atoms with E-state index in [0.29, 0.717) is 32.6 Å². The molecule has 0 radical (unpaired) electrons. The Labute approximate surface area is 119 Å². The van der Waals surface area contributed by atoms with Crippen LogP contribution in [0.2, 0.25) is 0 Å². The van der Waals surface area contributed by atoms with Crippen LogP contribution in [0.5, 0.6) is 5.75 Å². The summed E-state index contributed by atoms with van der Waals surface area (Å²) in [5.41, 5.74) is 6.49. The van der Waals surface area contributed by atoms with Crippen molar-refractivity contribution < 1.29 is 14.3 Å². The van der Waals surface area contributed by atoms with Gasteiger partial charge in [-0.05, 0) is 30.5 Å². The number of carbonyl (C=O) groups excluding carboxylic acids is 1. The maximum Gasteiger partial charge on any atom is 0.242 e. The first-order chi connectivity index (χ1) is 9.55. The van der Waals surface area contributed by atoms with Crippen molar-refractivity contribution in [2.75, 3.05) is 27.4 Å². The van der Waals surface area contributed by atoms with Gasteiger partial charge >= 0.3 is 0 Å².